The van der Waals surface area contributed by atoms with Crippen LogP contribution in [0.4, 0.5) is 5.69 Å². The van der Waals surface area contributed by atoms with Gasteiger partial charge in [0.2, 0.25) is 0 Å². The van der Waals surface area contributed by atoms with Crippen molar-refractivity contribution in [3.8, 4) is 0 Å². The summed E-state index contributed by atoms with van der Waals surface area (Å²) in [7, 11) is 0. The van der Waals surface area contributed by atoms with E-state index < -0.39 is 0 Å². The molecule has 1 amide bonds. The van der Waals surface area contributed by atoms with Crippen molar-refractivity contribution in [3.05, 3.63) is 35.4 Å². The number of amides is 1. The van der Waals surface area contributed by atoms with Gasteiger partial charge in [-0.15, -0.1) is 0 Å². The van der Waals surface area contributed by atoms with Crippen molar-refractivity contribution in [2.24, 2.45) is 0 Å². The lowest BCUT2D eigenvalue weighted by molar-refractivity contribution is -0.116. The number of anilines is 1. The second kappa shape index (κ2) is 2.78. The average Bonchev–Trinajstić information content (AvgIpc) is 3.02. The Balaban J connectivity index is 2.22. The first-order chi connectivity index (χ1) is 7.33. The topological polar surface area (TPSA) is 56.7 Å². The van der Waals surface area contributed by atoms with Gasteiger partial charge >= 0.3 is 11.6 Å². The van der Waals surface area contributed by atoms with E-state index in [4.69, 9.17) is 5.53 Å². The predicted octanol–water partition coefficient (Wildman–Crippen LogP) is 1.21. The summed E-state index contributed by atoms with van der Waals surface area (Å²) in [5.74, 6) is -0.179. The highest BCUT2D eigenvalue weighted by Crippen LogP contribution is 2.37. The lowest BCUT2D eigenvalue weighted by Gasteiger charge is -2.13. The fourth-order valence-corrected chi connectivity index (χ4v) is 2.01. The smallest absolute Gasteiger partial charge is 0.361 e. The maximum absolute atomic E-state index is 11.9. The van der Waals surface area contributed by atoms with E-state index >= 15 is 0 Å². The van der Waals surface area contributed by atoms with Crippen molar-refractivity contribution < 1.29 is 9.58 Å². The molecule has 1 aliphatic heterocycles. The fourth-order valence-electron chi connectivity index (χ4n) is 2.01. The van der Waals surface area contributed by atoms with Crippen molar-refractivity contribution in [1.29, 1.82) is 0 Å². The Morgan fingerprint density at radius 1 is 1.33 bits per heavy atom. The fraction of sp³-hybridized carbons (Fsp3) is 0.273. The van der Waals surface area contributed by atoms with E-state index in [-0.39, 0.29) is 11.6 Å². The molecule has 1 aromatic rings. The summed E-state index contributed by atoms with van der Waals surface area (Å²) in [6.45, 7) is 0. The molecule has 0 spiro atoms. The number of hydrogen-bond donors (Lipinski definition) is 0. The minimum atomic E-state index is -0.179. The molecule has 1 aliphatic carbocycles. The Hall–Kier alpha value is -1.93. The van der Waals surface area contributed by atoms with E-state index in [2.05, 4.69) is 4.79 Å². The van der Waals surface area contributed by atoms with Crippen molar-refractivity contribution in [1.82, 2.24) is 0 Å². The highest BCUT2D eigenvalue weighted by molar-refractivity contribution is 6.52. The van der Waals surface area contributed by atoms with Crippen LogP contribution < -0.4 is 4.90 Å². The number of carbonyl (C=O) groups excluding carboxylic acids is 1. The zero-order valence-electron chi connectivity index (χ0n) is 8.05. The summed E-state index contributed by atoms with van der Waals surface area (Å²) in [5.41, 5.74) is 10.6. The number of para-hydroxylation sites is 1. The normalized spacial score (nSPS) is 19.1. The maximum atomic E-state index is 11.9. The monoisotopic (exact) mass is 199 g/mol. The van der Waals surface area contributed by atoms with Crippen LogP contribution in [0.15, 0.2) is 24.3 Å². The highest BCUT2D eigenvalue weighted by Gasteiger charge is 2.46. The molecule has 15 heavy (non-hydrogen) atoms. The minimum absolute atomic E-state index is 0.164. The molecule has 1 saturated carbocycles. The van der Waals surface area contributed by atoms with Crippen LogP contribution in [0.3, 0.4) is 0 Å². The zero-order chi connectivity index (χ0) is 10.4. The van der Waals surface area contributed by atoms with Gasteiger partial charge in [-0.1, -0.05) is 12.1 Å². The minimum Gasteiger partial charge on any atom is -0.361 e. The molecule has 2 aliphatic rings. The number of rotatable bonds is 1. The van der Waals surface area contributed by atoms with Gasteiger partial charge in [-0.3, -0.25) is 9.69 Å². The molecule has 0 saturated heterocycles. The SMILES string of the molecule is [N-]=[N+]=C1C(=O)N(C2CC2)c2ccccc21. The molecule has 0 unspecified atom stereocenters. The van der Waals surface area contributed by atoms with E-state index in [1.165, 1.54) is 0 Å². The molecule has 0 aromatic heterocycles. The summed E-state index contributed by atoms with van der Waals surface area (Å²) in [6, 6.07) is 7.74. The van der Waals surface area contributed by atoms with Crippen molar-refractivity contribution in [2.45, 2.75) is 18.9 Å². The van der Waals surface area contributed by atoms with Crippen molar-refractivity contribution in [2.75, 3.05) is 4.90 Å². The van der Waals surface area contributed by atoms with E-state index in [0.717, 1.165) is 24.1 Å². The van der Waals surface area contributed by atoms with Crippen LogP contribution in [0.5, 0.6) is 0 Å². The number of fused-ring (bicyclic) bond motifs is 1. The number of nitrogens with zero attached hydrogens (tertiary/aromatic N) is 3. The molecule has 74 valence electrons. The second-order valence-corrected chi connectivity index (χ2v) is 3.87. The molecule has 1 heterocycles. The van der Waals surface area contributed by atoms with Gasteiger partial charge in [0, 0.05) is 6.04 Å². The largest absolute Gasteiger partial charge is 0.389 e. The van der Waals surface area contributed by atoms with Crippen LogP contribution >= 0.6 is 0 Å². The third-order valence-electron chi connectivity index (χ3n) is 2.85. The third-order valence-corrected chi connectivity index (χ3v) is 2.85. The van der Waals surface area contributed by atoms with Gasteiger partial charge in [0.1, 0.15) is 0 Å². The highest BCUT2D eigenvalue weighted by atomic mass is 16.2. The molecule has 0 N–H and O–H groups in total. The molecule has 4 nitrogen and oxygen atoms in total. The van der Waals surface area contributed by atoms with Crippen LogP contribution in [0.25, 0.3) is 5.53 Å². The molecule has 0 bridgehead atoms. The summed E-state index contributed by atoms with van der Waals surface area (Å²) in [6.07, 6.45) is 2.08. The van der Waals surface area contributed by atoms with Crippen LogP contribution in [0.1, 0.15) is 18.4 Å². The van der Waals surface area contributed by atoms with Crippen LogP contribution in [0.2, 0.25) is 0 Å². The summed E-state index contributed by atoms with van der Waals surface area (Å²) in [4.78, 5) is 16.7. The first kappa shape index (κ1) is 8.38. The molecule has 0 radical (unpaired) electrons. The Morgan fingerprint density at radius 3 is 2.73 bits per heavy atom. The van der Waals surface area contributed by atoms with Gasteiger partial charge < -0.3 is 5.53 Å². The van der Waals surface area contributed by atoms with Crippen molar-refractivity contribution in [3.63, 3.8) is 0 Å². The van der Waals surface area contributed by atoms with Crippen LogP contribution in [0, 0.1) is 0 Å². The van der Waals surface area contributed by atoms with Gasteiger partial charge in [0.05, 0.1) is 11.3 Å². The van der Waals surface area contributed by atoms with Gasteiger partial charge in [-0.2, -0.15) is 4.79 Å². The Labute approximate surface area is 86.7 Å². The van der Waals surface area contributed by atoms with Gasteiger partial charge in [-0.25, -0.2) is 0 Å². The molecule has 4 heteroatoms. The zero-order valence-corrected chi connectivity index (χ0v) is 8.05. The number of carbonyl (C=O) groups is 1. The Morgan fingerprint density at radius 2 is 2.07 bits per heavy atom. The Bertz CT molecular complexity index is 498. The van der Waals surface area contributed by atoms with Crippen LogP contribution in [-0.4, -0.2) is 22.5 Å². The number of benzene rings is 1. The quantitative estimate of drug-likeness (QED) is 0.495. The van der Waals surface area contributed by atoms with Gasteiger partial charge in [0.25, 0.3) is 0 Å². The van der Waals surface area contributed by atoms with Crippen molar-refractivity contribution >= 4 is 17.3 Å². The first-order valence-corrected chi connectivity index (χ1v) is 4.98. The Kier molecular flexibility index (Phi) is 1.55. The lowest BCUT2D eigenvalue weighted by atomic mass is 10.1. The van der Waals surface area contributed by atoms with E-state index in [1.54, 1.807) is 4.90 Å². The predicted molar refractivity (Wildman–Crippen MR) is 54.7 cm³/mol. The number of hydrogen-bond acceptors (Lipinski definition) is 1. The standard InChI is InChI=1S/C11H9N3O/c12-13-10-8-3-1-2-4-9(8)14(11(10)15)7-5-6-7/h1-4,7H,5-6H2. The molecule has 1 fully saturated rings. The second-order valence-electron chi connectivity index (χ2n) is 3.87. The van der Waals surface area contributed by atoms with Gasteiger partial charge in [0.15, 0.2) is 0 Å². The molecular weight excluding hydrogens is 190 g/mol. The molecule has 3 rings (SSSR count). The molecular formula is C11H9N3O. The van der Waals surface area contributed by atoms with Crippen LogP contribution in [-0.2, 0) is 4.79 Å². The van der Waals surface area contributed by atoms with E-state index in [0.29, 0.717) is 6.04 Å². The van der Waals surface area contributed by atoms with Gasteiger partial charge in [-0.05, 0) is 25.0 Å². The average molecular weight is 199 g/mol. The van der Waals surface area contributed by atoms with E-state index in [1.807, 2.05) is 24.3 Å². The molecule has 1 aromatic carbocycles. The molecule has 0 atom stereocenters. The van der Waals surface area contributed by atoms with E-state index in [9.17, 15) is 4.79 Å². The summed E-state index contributed by atoms with van der Waals surface area (Å²) < 4.78 is 0. The summed E-state index contributed by atoms with van der Waals surface area (Å²) in [5, 5.41) is 0. The lowest BCUT2D eigenvalue weighted by Crippen LogP contribution is -2.32. The summed E-state index contributed by atoms with van der Waals surface area (Å²) >= 11 is 0. The maximum Gasteiger partial charge on any atom is 0.389 e. The first-order valence-electron chi connectivity index (χ1n) is 4.98. The third kappa shape index (κ3) is 1.05.